The van der Waals surface area contributed by atoms with Crippen molar-refractivity contribution >= 4 is 16.9 Å². The summed E-state index contributed by atoms with van der Waals surface area (Å²) in [6, 6.07) is 5.53. The van der Waals surface area contributed by atoms with E-state index >= 15 is 0 Å². The molecule has 102 valence electrons. The van der Waals surface area contributed by atoms with Gasteiger partial charge in [-0.1, -0.05) is 11.6 Å². The predicted molar refractivity (Wildman–Crippen MR) is 76.6 cm³/mol. The number of carboxylic acids is 1. The third kappa shape index (κ3) is 1.97. The maximum Gasteiger partial charge on any atom is 0.328 e. The average Bonchev–Trinajstić information content (AvgIpc) is 3.02. The highest BCUT2D eigenvalue weighted by Crippen LogP contribution is 2.29. The second kappa shape index (κ2) is 4.52. The highest BCUT2D eigenvalue weighted by molar-refractivity contribution is 5.95. The molecule has 0 saturated heterocycles. The van der Waals surface area contributed by atoms with Gasteiger partial charge in [-0.25, -0.2) is 4.79 Å². The summed E-state index contributed by atoms with van der Waals surface area (Å²) in [7, 11) is 0. The van der Waals surface area contributed by atoms with Gasteiger partial charge in [-0.05, 0) is 26.0 Å². The summed E-state index contributed by atoms with van der Waals surface area (Å²) in [6.45, 7) is 3.66. The van der Waals surface area contributed by atoms with Crippen molar-refractivity contribution in [2.45, 2.75) is 19.9 Å². The van der Waals surface area contributed by atoms with Crippen molar-refractivity contribution in [2.75, 3.05) is 0 Å². The van der Waals surface area contributed by atoms with Crippen LogP contribution in [0.15, 0.2) is 36.8 Å². The molecule has 1 aromatic carbocycles. The van der Waals surface area contributed by atoms with Gasteiger partial charge in [0.05, 0.1) is 6.20 Å². The van der Waals surface area contributed by atoms with Gasteiger partial charge in [0.15, 0.2) is 0 Å². The van der Waals surface area contributed by atoms with Gasteiger partial charge in [0.1, 0.15) is 6.04 Å². The van der Waals surface area contributed by atoms with Crippen LogP contribution in [-0.2, 0) is 4.79 Å². The van der Waals surface area contributed by atoms with E-state index in [9.17, 15) is 4.79 Å². The van der Waals surface area contributed by atoms with Crippen LogP contribution >= 0.6 is 0 Å². The van der Waals surface area contributed by atoms with Crippen LogP contribution in [0, 0.1) is 6.92 Å². The highest BCUT2D eigenvalue weighted by atomic mass is 16.4. The van der Waals surface area contributed by atoms with Crippen LogP contribution in [0.25, 0.3) is 22.0 Å². The lowest BCUT2D eigenvalue weighted by Gasteiger charge is -2.05. The van der Waals surface area contributed by atoms with E-state index in [2.05, 4.69) is 22.2 Å². The Morgan fingerprint density at radius 2 is 2.25 bits per heavy atom. The number of hydrogen-bond donors (Lipinski definition) is 2. The van der Waals surface area contributed by atoms with Crippen LogP contribution in [0.1, 0.15) is 18.5 Å². The second-order valence-corrected chi connectivity index (χ2v) is 4.97. The van der Waals surface area contributed by atoms with E-state index in [4.69, 9.17) is 5.11 Å². The Hall–Kier alpha value is -2.56. The summed E-state index contributed by atoms with van der Waals surface area (Å²) in [4.78, 5) is 14.2. The Morgan fingerprint density at radius 1 is 1.45 bits per heavy atom. The minimum absolute atomic E-state index is 0.671. The fourth-order valence-corrected chi connectivity index (χ4v) is 2.28. The quantitative estimate of drug-likeness (QED) is 0.767. The summed E-state index contributed by atoms with van der Waals surface area (Å²) in [6.07, 6.45) is 5.39. The molecule has 3 aromatic rings. The molecule has 0 unspecified atom stereocenters. The van der Waals surface area contributed by atoms with E-state index in [1.54, 1.807) is 19.3 Å². The largest absolute Gasteiger partial charge is 0.480 e. The SMILES string of the molecule is Cc1ccc2[nH]cc(-c3cnn([C@@H](C)C(=O)O)c3)c2c1. The van der Waals surface area contributed by atoms with Gasteiger partial charge in [-0.15, -0.1) is 0 Å². The zero-order valence-corrected chi connectivity index (χ0v) is 11.3. The first-order valence-corrected chi connectivity index (χ1v) is 6.41. The summed E-state index contributed by atoms with van der Waals surface area (Å²) in [5.41, 5.74) is 4.19. The number of fused-ring (bicyclic) bond motifs is 1. The first kappa shape index (κ1) is 12.5. The lowest BCUT2D eigenvalue weighted by Crippen LogP contribution is -2.15. The van der Waals surface area contributed by atoms with Crippen LogP contribution < -0.4 is 0 Å². The fraction of sp³-hybridized carbons (Fsp3) is 0.200. The number of aromatic nitrogens is 3. The smallest absolute Gasteiger partial charge is 0.328 e. The number of aryl methyl sites for hydroxylation is 1. The number of H-pyrrole nitrogens is 1. The third-order valence-corrected chi connectivity index (χ3v) is 3.50. The first-order chi connectivity index (χ1) is 9.56. The number of hydrogen-bond acceptors (Lipinski definition) is 2. The molecule has 0 aliphatic rings. The number of aliphatic carboxylic acids is 1. The number of rotatable bonds is 3. The normalized spacial score (nSPS) is 12.7. The van der Waals surface area contributed by atoms with Gasteiger partial charge >= 0.3 is 5.97 Å². The average molecular weight is 269 g/mol. The van der Waals surface area contributed by atoms with Gasteiger partial charge in [-0.3, -0.25) is 4.68 Å². The van der Waals surface area contributed by atoms with Crippen molar-refractivity contribution < 1.29 is 9.90 Å². The number of nitrogens with one attached hydrogen (secondary N) is 1. The molecular weight excluding hydrogens is 254 g/mol. The molecular formula is C15H15N3O2. The van der Waals surface area contributed by atoms with Crippen LogP contribution in [0.5, 0.6) is 0 Å². The van der Waals surface area contributed by atoms with E-state index < -0.39 is 12.0 Å². The third-order valence-electron chi connectivity index (χ3n) is 3.50. The molecule has 0 saturated carbocycles. The maximum absolute atomic E-state index is 11.0. The molecule has 5 heteroatoms. The number of aromatic amines is 1. The van der Waals surface area contributed by atoms with E-state index in [1.165, 1.54) is 10.2 Å². The molecule has 2 aromatic heterocycles. The predicted octanol–water partition coefficient (Wildman–Crippen LogP) is 2.99. The Bertz CT molecular complexity index is 785. The minimum Gasteiger partial charge on any atom is -0.480 e. The van der Waals surface area contributed by atoms with Gasteiger partial charge in [0, 0.05) is 34.4 Å². The number of carboxylic acid groups (broad SMARTS) is 1. The molecule has 2 N–H and O–H groups in total. The fourth-order valence-electron chi connectivity index (χ4n) is 2.28. The molecule has 0 amide bonds. The van der Waals surface area contributed by atoms with E-state index in [-0.39, 0.29) is 0 Å². The number of carbonyl (C=O) groups is 1. The molecule has 3 rings (SSSR count). The van der Waals surface area contributed by atoms with E-state index in [0.717, 1.165) is 22.0 Å². The molecule has 0 radical (unpaired) electrons. The van der Waals surface area contributed by atoms with Gasteiger partial charge in [-0.2, -0.15) is 5.10 Å². The molecule has 20 heavy (non-hydrogen) atoms. The first-order valence-electron chi connectivity index (χ1n) is 6.41. The lowest BCUT2D eigenvalue weighted by atomic mass is 10.1. The molecule has 0 bridgehead atoms. The standard InChI is InChI=1S/C15H15N3O2/c1-9-3-4-14-12(5-9)13(7-16-14)11-6-17-18(8-11)10(2)15(19)20/h3-8,10,16H,1-2H3,(H,19,20)/t10-/m0/s1. The number of nitrogens with zero attached hydrogens (tertiary/aromatic N) is 2. The Labute approximate surface area is 115 Å². The molecule has 5 nitrogen and oxygen atoms in total. The lowest BCUT2D eigenvalue weighted by molar-refractivity contribution is -0.140. The van der Waals surface area contributed by atoms with Crippen molar-refractivity contribution in [1.29, 1.82) is 0 Å². The summed E-state index contributed by atoms with van der Waals surface area (Å²) >= 11 is 0. The van der Waals surface area contributed by atoms with Crippen LogP contribution in [0.3, 0.4) is 0 Å². The van der Waals surface area contributed by atoms with Gasteiger partial charge < -0.3 is 10.1 Å². The van der Waals surface area contributed by atoms with Crippen molar-refractivity contribution in [3.05, 3.63) is 42.4 Å². The molecule has 0 spiro atoms. The summed E-state index contributed by atoms with van der Waals surface area (Å²) in [5, 5.41) is 14.3. The van der Waals surface area contributed by atoms with Crippen molar-refractivity contribution in [1.82, 2.24) is 14.8 Å². The second-order valence-electron chi connectivity index (χ2n) is 4.97. The van der Waals surface area contributed by atoms with Crippen LogP contribution in [0.4, 0.5) is 0 Å². The minimum atomic E-state index is -0.894. The topological polar surface area (TPSA) is 70.9 Å². The zero-order valence-electron chi connectivity index (χ0n) is 11.3. The molecule has 0 fully saturated rings. The Kier molecular flexibility index (Phi) is 2.82. The Morgan fingerprint density at radius 3 is 3.00 bits per heavy atom. The highest BCUT2D eigenvalue weighted by Gasteiger charge is 2.15. The summed E-state index contributed by atoms with van der Waals surface area (Å²) in [5.74, 6) is -0.894. The molecule has 0 aliphatic carbocycles. The van der Waals surface area contributed by atoms with Crippen LogP contribution in [-0.4, -0.2) is 25.8 Å². The molecule has 0 aliphatic heterocycles. The maximum atomic E-state index is 11.0. The van der Waals surface area contributed by atoms with Gasteiger partial charge in [0.25, 0.3) is 0 Å². The van der Waals surface area contributed by atoms with Crippen molar-refractivity contribution in [3.63, 3.8) is 0 Å². The molecule has 2 heterocycles. The zero-order chi connectivity index (χ0) is 14.3. The van der Waals surface area contributed by atoms with E-state index in [0.29, 0.717) is 0 Å². The monoisotopic (exact) mass is 269 g/mol. The van der Waals surface area contributed by atoms with Crippen molar-refractivity contribution in [3.8, 4) is 11.1 Å². The van der Waals surface area contributed by atoms with Crippen molar-refractivity contribution in [2.24, 2.45) is 0 Å². The van der Waals surface area contributed by atoms with Crippen LogP contribution in [0.2, 0.25) is 0 Å². The summed E-state index contributed by atoms with van der Waals surface area (Å²) < 4.78 is 1.46. The van der Waals surface area contributed by atoms with Gasteiger partial charge in [0.2, 0.25) is 0 Å². The van der Waals surface area contributed by atoms with E-state index in [1.807, 2.05) is 19.2 Å². The Balaban J connectivity index is 2.07. The number of benzene rings is 1. The molecule has 1 atom stereocenters.